The molecule has 4 N–H and O–H groups in total. The molecule has 6 nitrogen and oxygen atoms in total. The van der Waals surface area contributed by atoms with Crippen LogP contribution in [-0.4, -0.2) is 29.6 Å². The summed E-state index contributed by atoms with van der Waals surface area (Å²) < 4.78 is 5.20. The molecule has 138 valence electrons. The average Bonchev–Trinajstić information content (AvgIpc) is 3.38. The van der Waals surface area contributed by atoms with Gasteiger partial charge in [0.25, 0.3) is 0 Å². The zero-order valence-corrected chi connectivity index (χ0v) is 15.1. The van der Waals surface area contributed by atoms with E-state index in [9.17, 15) is 9.59 Å². The summed E-state index contributed by atoms with van der Waals surface area (Å²) in [5, 5.41) is 5.58. The van der Waals surface area contributed by atoms with Crippen molar-refractivity contribution in [2.24, 2.45) is 5.73 Å². The highest BCUT2D eigenvalue weighted by atomic mass is 16.5. The van der Waals surface area contributed by atoms with Gasteiger partial charge in [0.2, 0.25) is 5.91 Å². The summed E-state index contributed by atoms with van der Waals surface area (Å²) in [6.45, 7) is 4.62. The molecular formula is C19H29N3O3. The Bertz CT molecular complexity index is 583. The summed E-state index contributed by atoms with van der Waals surface area (Å²) in [6.07, 6.45) is 3.62. The van der Waals surface area contributed by atoms with Crippen molar-refractivity contribution in [3.63, 3.8) is 0 Å². The smallest absolute Gasteiger partial charge is 0.408 e. The van der Waals surface area contributed by atoms with Gasteiger partial charge in [-0.1, -0.05) is 50.1 Å². The van der Waals surface area contributed by atoms with Crippen molar-refractivity contribution in [1.82, 2.24) is 10.6 Å². The molecule has 1 atom stereocenters. The number of carbonyl (C=O) groups excluding carboxylic acids is 2. The highest BCUT2D eigenvalue weighted by Crippen LogP contribution is 2.35. The molecule has 0 spiro atoms. The molecule has 2 rings (SSSR count). The SMILES string of the molecule is CCCCC(C)(N)CNC(=O)C1(NC(=O)OCc2ccccc2)CC1. The minimum absolute atomic E-state index is 0.183. The van der Waals surface area contributed by atoms with E-state index < -0.39 is 17.2 Å². The molecule has 1 fully saturated rings. The number of hydrogen-bond donors (Lipinski definition) is 3. The normalized spacial score (nSPS) is 17.2. The molecule has 1 aromatic rings. The number of alkyl carbamates (subject to hydrolysis) is 1. The Morgan fingerprint density at radius 3 is 2.56 bits per heavy atom. The Morgan fingerprint density at radius 1 is 1.28 bits per heavy atom. The van der Waals surface area contributed by atoms with E-state index in [1.54, 1.807) is 0 Å². The second kappa shape index (κ2) is 8.34. The number of ether oxygens (including phenoxy) is 1. The van der Waals surface area contributed by atoms with Crippen molar-refractivity contribution < 1.29 is 14.3 Å². The minimum atomic E-state index is -0.839. The topological polar surface area (TPSA) is 93.5 Å². The van der Waals surface area contributed by atoms with Crippen molar-refractivity contribution in [2.45, 2.75) is 63.6 Å². The average molecular weight is 347 g/mol. The first-order valence-electron chi connectivity index (χ1n) is 8.93. The third-order valence-electron chi connectivity index (χ3n) is 4.49. The van der Waals surface area contributed by atoms with Gasteiger partial charge in [0.05, 0.1) is 0 Å². The molecule has 0 radical (unpaired) electrons. The second-order valence-electron chi connectivity index (χ2n) is 7.21. The fraction of sp³-hybridized carbons (Fsp3) is 0.579. The van der Waals surface area contributed by atoms with Crippen LogP contribution in [0, 0.1) is 0 Å². The van der Waals surface area contributed by atoms with Crippen molar-refractivity contribution in [3.05, 3.63) is 35.9 Å². The molecule has 25 heavy (non-hydrogen) atoms. The van der Waals surface area contributed by atoms with Crippen LogP contribution in [0.4, 0.5) is 4.79 Å². The molecule has 0 heterocycles. The summed E-state index contributed by atoms with van der Waals surface area (Å²) in [5.74, 6) is -0.183. The van der Waals surface area contributed by atoms with Gasteiger partial charge in [0.1, 0.15) is 12.1 Å². The lowest BCUT2D eigenvalue weighted by atomic mass is 9.96. The van der Waals surface area contributed by atoms with Crippen LogP contribution >= 0.6 is 0 Å². The molecule has 6 heteroatoms. The summed E-state index contributed by atoms with van der Waals surface area (Å²) in [4.78, 5) is 24.4. The Balaban J connectivity index is 1.77. The van der Waals surface area contributed by atoms with Crippen LogP contribution in [0.3, 0.4) is 0 Å². The molecule has 1 aliphatic rings. The van der Waals surface area contributed by atoms with Crippen LogP contribution < -0.4 is 16.4 Å². The molecule has 0 aromatic heterocycles. The maximum absolute atomic E-state index is 12.4. The zero-order valence-electron chi connectivity index (χ0n) is 15.1. The third kappa shape index (κ3) is 6.05. The van der Waals surface area contributed by atoms with Gasteiger partial charge in [0.15, 0.2) is 0 Å². The third-order valence-corrected chi connectivity index (χ3v) is 4.49. The monoisotopic (exact) mass is 347 g/mol. The van der Waals surface area contributed by atoms with Crippen LogP contribution in [0.25, 0.3) is 0 Å². The molecule has 0 bridgehead atoms. The van der Waals surface area contributed by atoms with E-state index in [-0.39, 0.29) is 12.5 Å². The molecule has 1 aromatic carbocycles. The minimum Gasteiger partial charge on any atom is -0.445 e. The Labute approximate surface area is 149 Å². The van der Waals surface area contributed by atoms with E-state index in [1.165, 1.54) is 0 Å². The first-order valence-corrected chi connectivity index (χ1v) is 8.93. The van der Waals surface area contributed by atoms with Crippen LogP contribution in [0.5, 0.6) is 0 Å². The van der Waals surface area contributed by atoms with E-state index in [2.05, 4.69) is 17.6 Å². The quantitative estimate of drug-likeness (QED) is 0.640. The molecule has 0 aliphatic heterocycles. The molecule has 1 unspecified atom stereocenters. The summed E-state index contributed by atoms with van der Waals surface area (Å²) in [7, 11) is 0. The van der Waals surface area contributed by atoms with Gasteiger partial charge in [0, 0.05) is 12.1 Å². The first kappa shape index (κ1) is 19.2. The number of nitrogens with two attached hydrogens (primary N) is 1. The van der Waals surface area contributed by atoms with E-state index in [1.807, 2.05) is 37.3 Å². The number of rotatable bonds is 9. The van der Waals surface area contributed by atoms with Crippen molar-refractivity contribution in [2.75, 3.05) is 6.54 Å². The number of hydrogen-bond acceptors (Lipinski definition) is 4. The van der Waals surface area contributed by atoms with Gasteiger partial charge in [-0.25, -0.2) is 4.79 Å². The molecule has 1 aliphatic carbocycles. The second-order valence-corrected chi connectivity index (χ2v) is 7.21. The lowest BCUT2D eigenvalue weighted by Gasteiger charge is -2.26. The number of amides is 2. The largest absolute Gasteiger partial charge is 0.445 e. The van der Waals surface area contributed by atoms with E-state index >= 15 is 0 Å². The maximum Gasteiger partial charge on any atom is 0.408 e. The molecule has 0 saturated heterocycles. The van der Waals surface area contributed by atoms with Gasteiger partial charge in [-0.2, -0.15) is 0 Å². The van der Waals surface area contributed by atoms with Crippen LogP contribution in [0.15, 0.2) is 30.3 Å². The number of nitrogens with one attached hydrogen (secondary N) is 2. The standard InChI is InChI=1S/C19H29N3O3/c1-3-4-10-18(2,20)14-21-16(23)19(11-12-19)22-17(24)25-13-15-8-6-5-7-9-15/h5-9H,3-4,10-14,20H2,1-2H3,(H,21,23)(H,22,24). The van der Waals surface area contributed by atoms with Crippen molar-refractivity contribution in [3.8, 4) is 0 Å². The Hall–Kier alpha value is -2.08. The highest BCUT2D eigenvalue weighted by molar-refractivity contribution is 5.92. The lowest BCUT2D eigenvalue weighted by molar-refractivity contribution is -0.124. The van der Waals surface area contributed by atoms with Crippen molar-refractivity contribution in [1.29, 1.82) is 0 Å². The Morgan fingerprint density at radius 2 is 1.96 bits per heavy atom. The van der Waals surface area contributed by atoms with Crippen LogP contribution in [0.1, 0.15) is 51.5 Å². The molecule has 2 amide bonds. The predicted octanol–water partition coefficient (Wildman–Crippen LogP) is 2.47. The predicted molar refractivity (Wildman–Crippen MR) is 96.9 cm³/mol. The fourth-order valence-corrected chi connectivity index (χ4v) is 2.61. The van der Waals surface area contributed by atoms with E-state index in [0.29, 0.717) is 19.4 Å². The van der Waals surface area contributed by atoms with Gasteiger partial charge in [-0.15, -0.1) is 0 Å². The molecular weight excluding hydrogens is 318 g/mol. The molecule has 1 saturated carbocycles. The van der Waals surface area contributed by atoms with Gasteiger partial charge in [-0.3, -0.25) is 4.79 Å². The summed E-state index contributed by atoms with van der Waals surface area (Å²) >= 11 is 0. The van der Waals surface area contributed by atoms with E-state index in [0.717, 1.165) is 24.8 Å². The van der Waals surface area contributed by atoms with Crippen LogP contribution in [-0.2, 0) is 16.1 Å². The maximum atomic E-state index is 12.4. The number of unbranched alkanes of at least 4 members (excludes halogenated alkanes) is 1. The highest BCUT2D eigenvalue weighted by Gasteiger charge is 2.51. The first-order chi connectivity index (χ1) is 11.9. The van der Waals surface area contributed by atoms with Gasteiger partial charge >= 0.3 is 6.09 Å². The van der Waals surface area contributed by atoms with Crippen LogP contribution in [0.2, 0.25) is 0 Å². The Kier molecular flexibility index (Phi) is 6.42. The summed E-state index contributed by atoms with van der Waals surface area (Å²) in [6, 6.07) is 9.43. The van der Waals surface area contributed by atoms with E-state index in [4.69, 9.17) is 10.5 Å². The lowest BCUT2D eigenvalue weighted by Crippen LogP contribution is -2.54. The number of benzene rings is 1. The zero-order chi connectivity index (χ0) is 18.3. The fourth-order valence-electron chi connectivity index (χ4n) is 2.61. The summed E-state index contributed by atoms with van der Waals surface area (Å²) in [5.41, 5.74) is 5.83. The van der Waals surface area contributed by atoms with Gasteiger partial charge in [-0.05, 0) is 31.7 Å². The van der Waals surface area contributed by atoms with Crippen molar-refractivity contribution >= 4 is 12.0 Å². The number of carbonyl (C=O) groups is 2. The van der Waals surface area contributed by atoms with Gasteiger partial charge < -0.3 is 21.1 Å².